The van der Waals surface area contributed by atoms with E-state index in [-0.39, 0.29) is 19.1 Å². The van der Waals surface area contributed by atoms with Crippen LogP contribution in [0.5, 0.6) is 11.5 Å². The normalized spacial score (nSPS) is 10.5. The monoisotopic (exact) mass is 414 g/mol. The topological polar surface area (TPSA) is 73.6 Å². The van der Waals surface area contributed by atoms with Gasteiger partial charge in [-0.25, -0.2) is 0 Å². The number of aromatic nitrogens is 1. The molecule has 4 aromatic rings. The number of benzene rings is 3. The third-order valence-corrected chi connectivity index (χ3v) is 4.73. The molecule has 1 heterocycles. The van der Waals surface area contributed by atoms with Crippen molar-refractivity contribution < 1.29 is 18.8 Å². The van der Waals surface area contributed by atoms with Gasteiger partial charge in [0.1, 0.15) is 17.2 Å². The molecule has 1 amide bonds. The van der Waals surface area contributed by atoms with Crippen LogP contribution in [0, 0.1) is 0 Å². The zero-order valence-electron chi connectivity index (χ0n) is 17.1. The van der Waals surface area contributed by atoms with Gasteiger partial charge in [0.05, 0.1) is 13.7 Å². The first-order valence-corrected chi connectivity index (χ1v) is 9.86. The van der Waals surface area contributed by atoms with Gasteiger partial charge in [0, 0.05) is 11.6 Å². The molecule has 0 bridgehead atoms. The van der Waals surface area contributed by atoms with Crippen molar-refractivity contribution in [3.8, 4) is 33.9 Å². The van der Waals surface area contributed by atoms with Crippen LogP contribution in [0.15, 0.2) is 89.5 Å². The van der Waals surface area contributed by atoms with Crippen LogP contribution >= 0.6 is 0 Å². The lowest BCUT2D eigenvalue weighted by atomic mass is 10.0. The van der Waals surface area contributed by atoms with Gasteiger partial charge in [0.15, 0.2) is 12.4 Å². The molecular weight excluding hydrogens is 392 g/mol. The van der Waals surface area contributed by atoms with Crippen LogP contribution in [-0.2, 0) is 11.3 Å². The summed E-state index contributed by atoms with van der Waals surface area (Å²) < 4.78 is 16.0. The molecule has 31 heavy (non-hydrogen) atoms. The molecule has 156 valence electrons. The van der Waals surface area contributed by atoms with Gasteiger partial charge >= 0.3 is 0 Å². The molecule has 0 saturated heterocycles. The summed E-state index contributed by atoms with van der Waals surface area (Å²) in [4.78, 5) is 12.0. The van der Waals surface area contributed by atoms with Crippen LogP contribution in [0.4, 0.5) is 0 Å². The van der Waals surface area contributed by atoms with Crippen molar-refractivity contribution in [2.45, 2.75) is 6.54 Å². The summed E-state index contributed by atoms with van der Waals surface area (Å²) in [5, 5.41) is 6.81. The predicted octanol–water partition coefficient (Wildman–Crippen LogP) is 4.71. The zero-order chi connectivity index (χ0) is 21.5. The summed E-state index contributed by atoms with van der Waals surface area (Å²) in [6.45, 7) is 0.175. The quantitative estimate of drug-likeness (QED) is 0.452. The van der Waals surface area contributed by atoms with Gasteiger partial charge in [0.25, 0.3) is 5.91 Å². The van der Waals surface area contributed by atoms with E-state index in [1.165, 1.54) is 0 Å². The first kappa shape index (κ1) is 20.2. The van der Waals surface area contributed by atoms with Crippen molar-refractivity contribution in [1.82, 2.24) is 10.5 Å². The van der Waals surface area contributed by atoms with Gasteiger partial charge in [-0.05, 0) is 35.4 Å². The Balaban J connectivity index is 1.29. The average molecular weight is 414 g/mol. The van der Waals surface area contributed by atoms with Crippen LogP contribution in [0.25, 0.3) is 22.5 Å². The van der Waals surface area contributed by atoms with Gasteiger partial charge in [-0.3, -0.25) is 4.79 Å². The number of rotatable bonds is 8. The highest BCUT2D eigenvalue weighted by Gasteiger charge is 2.09. The molecule has 1 N–H and O–H groups in total. The Bertz CT molecular complexity index is 1120. The van der Waals surface area contributed by atoms with Gasteiger partial charge in [-0.2, -0.15) is 0 Å². The fraction of sp³-hybridized carbons (Fsp3) is 0.120. The second kappa shape index (κ2) is 9.63. The summed E-state index contributed by atoms with van der Waals surface area (Å²) in [5.74, 6) is 1.73. The molecule has 0 spiro atoms. The Morgan fingerprint density at radius 1 is 0.871 bits per heavy atom. The van der Waals surface area contributed by atoms with Crippen LogP contribution in [-0.4, -0.2) is 24.8 Å². The first-order chi connectivity index (χ1) is 15.2. The van der Waals surface area contributed by atoms with Crippen molar-refractivity contribution >= 4 is 5.91 Å². The summed E-state index contributed by atoms with van der Waals surface area (Å²) in [5.41, 5.74) is 3.85. The molecule has 0 aliphatic rings. The number of methoxy groups -OCH3 is 1. The Morgan fingerprint density at radius 2 is 1.52 bits per heavy atom. The van der Waals surface area contributed by atoms with E-state index < -0.39 is 0 Å². The maximum atomic E-state index is 12.0. The Morgan fingerprint density at radius 3 is 2.23 bits per heavy atom. The molecule has 0 radical (unpaired) electrons. The lowest BCUT2D eigenvalue weighted by Gasteiger charge is -2.07. The second-order valence-corrected chi connectivity index (χ2v) is 6.87. The number of nitrogens with one attached hydrogen (secondary N) is 1. The number of carbonyl (C=O) groups excluding carboxylic acids is 1. The number of ether oxygens (including phenoxy) is 2. The number of carbonyl (C=O) groups is 1. The van der Waals surface area contributed by atoms with E-state index >= 15 is 0 Å². The molecule has 4 rings (SSSR count). The first-order valence-electron chi connectivity index (χ1n) is 9.86. The molecule has 0 atom stereocenters. The fourth-order valence-electron chi connectivity index (χ4n) is 3.05. The lowest BCUT2D eigenvalue weighted by Crippen LogP contribution is -2.28. The van der Waals surface area contributed by atoms with E-state index in [1.54, 1.807) is 31.4 Å². The van der Waals surface area contributed by atoms with Crippen molar-refractivity contribution in [2.24, 2.45) is 0 Å². The molecule has 0 fully saturated rings. The minimum absolute atomic E-state index is 0.0853. The van der Waals surface area contributed by atoms with E-state index in [1.807, 2.05) is 48.5 Å². The van der Waals surface area contributed by atoms with E-state index in [0.29, 0.717) is 17.2 Å². The van der Waals surface area contributed by atoms with E-state index in [4.69, 9.17) is 14.0 Å². The van der Waals surface area contributed by atoms with Crippen molar-refractivity contribution in [2.75, 3.05) is 13.7 Å². The van der Waals surface area contributed by atoms with Crippen molar-refractivity contribution in [3.63, 3.8) is 0 Å². The molecule has 0 unspecified atom stereocenters. The lowest BCUT2D eigenvalue weighted by molar-refractivity contribution is -0.123. The van der Waals surface area contributed by atoms with Gasteiger partial charge < -0.3 is 19.3 Å². The summed E-state index contributed by atoms with van der Waals surface area (Å²) in [7, 11) is 1.60. The highest BCUT2D eigenvalue weighted by Crippen LogP contribution is 2.25. The number of hydrogen-bond donors (Lipinski definition) is 1. The summed E-state index contributed by atoms with van der Waals surface area (Å²) >= 11 is 0. The Hall–Kier alpha value is -4.06. The van der Waals surface area contributed by atoms with Gasteiger partial charge in [0.2, 0.25) is 0 Å². The van der Waals surface area contributed by atoms with Crippen molar-refractivity contribution in [3.05, 3.63) is 90.6 Å². The molecule has 1 aromatic heterocycles. The van der Waals surface area contributed by atoms with Gasteiger partial charge in [-0.1, -0.05) is 59.8 Å². The minimum atomic E-state index is -0.243. The maximum Gasteiger partial charge on any atom is 0.258 e. The number of hydrogen-bond acceptors (Lipinski definition) is 5. The number of nitrogens with zero attached hydrogens (tertiary/aromatic N) is 1. The van der Waals surface area contributed by atoms with E-state index in [0.717, 1.165) is 22.4 Å². The SMILES string of the molecule is COc1ccc(OCC(=O)NCc2cc(-c3ccc(-c4ccccc4)cc3)on2)cc1. The Labute approximate surface area is 180 Å². The molecule has 3 aromatic carbocycles. The molecular formula is C25H22N2O4. The smallest absolute Gasteiger partial charge is 0.258 e. The highest BCUT2D eigenvalue weighted by atomic mass is 16.5. The standard InChI is InChI=1S/C25H22N2O4/c1-29-22-11-13-23(14-12-22)30-17-25(28)26-16-21-15-24(31-27-21)20-9-7-19(8-10-20)18-5-3-2-4-6-18/h2-15H,16-17H2,1H3,(H,26,28). The zero-order valence-corrected chi connectivity index (χ0v) is 17.1. The largest absolute Gasteiger partial charge is 0.497 e. The predicted molar refractivity (Wildman–Crippen MR) is 118 cm³/mol. The second-order valence-electron chi connectivity index (χ2n) is 6.87. The van der Waals surface area contributed by atoms with E-state index in [2.05, 4.69) is 22.6 Å². The summed E-state index contributed by atoms with van der Waals surface area (Å²) in [6, 6.07) is 27.1. The minimum Gasteiger partial charge on any atom is -0.497 e. The fourth-order valence-corrected chi connectivity index (χ4v) is 3.05. The molecule has 6 heteroatoms. The highest BCUT2D eigenvalue weighted by molar-refractivity contribution is 5.77. The third kappa shape index (κ3) is 5.30. The Kier molecular flexibility index (Phi) is 6.28. The van der Waals surface area contributed by atoms with Gasteiger partial charge in [-0.15, -0.1) is 0 Å². The third-order valence-electron chi connectivity index (χ3n) is 4.73. The average Bonchev–Trinajstić information content (AvgIpc) is 3.31. The molecule has 0 aliphatic carbocycles. The number of amides is 1. The molecule has 0 aliphatic heterocycles. The molecule has 0 saturated carbocycles. The summed E-state index contributed by atoms with van der Waals surface area (Å²) in [6.07, 6.45) is 0. The van der Waals surface area contributed by atoms with Crippen LogP contribution in [0.1, 0.15) is 5.69 Å². The molecule has 6 nitrogen and oxygen atoms in total. The van der Waals surface area contributed by atoms with E-state index in [9.17, 15) is 4.79 Å². The van der Waals surface area contributed by atoms with Crippen LogP contribution < -0.4 is 14.8 Å². The van der Waals surface area contributed by atoms with Crippen LogP contribution in [0.3, 0.4) is 0 Å². The maximum absolute atomic E-state index is 12.0. The van der Waals surface area contributed by atoms with Crippen LogP contribution in [0.2, 0.25) is 0 Å². The van der Waals surface area contributed by atoms with Crippen molar-refractivity contribution in [1.29, 1.82) is 0 Å².